The fourth-order valence-electron chi connectivity index (χ4n) is 2.77. The van der Waals surface area contributed by atoms with E-state index in [2.05, 4.69) is 6.92 Å². The maximum atomic E-state index is 12.0. The minimum Gasteiger partial charge on any atom is -0.393 e. The maximum absolute atomic E-state index is 12.0. The van der Waals surface area contributed by atoms with Crippen LogP contribution in [0.4, 0.5) is 0 Å². The molecule has 18 heavy (non-hydrogen) atoms. The highest BCUT2D eigenvalue weighted by molar-refractivity contribution is 5.76. The normalized spacial score (nSPS) is 22.9. The highest BCUT2D eigenvalue weighted by Crippen LogP contribution is 2.22. The van der Waals surface area contributed by atoms with Crippen LogP contribution in [-0.4, -0.2) is 35.1 Å². The first-order chi connectivity index (χ1) is 8.63. The predicted octanol–water partition coefficient (Wildman–Crippen LogP) is 2.97. The molecule has 1 aliphatic rings. The zero-order chi connectivity index (χ0) is 13.4. The summed E-state index contributed by atoms with van der Waals surface area (Å²) in [7, 11) is 0. The van der Waals surface area contributed by atoms with Crippen molar-refractivity contribution in [1.82, 2.24) is 4.90 Å². The second-order valence-corrected chi connectivity index (χ2v) is 5.71. The lowest BCUT2D eigenvalue weighted by atomic mass is 9.96. The number of aliphatic hydroxyl groups excluding tert-OH is 1. The molecule has 1 amide bonds. The molecule has 0 radical (unpaired) electrons. The van der Waals surface area contributed by atoms with E-state index < -0.39 is 0 Å². The smallest absolute Gasteiger partial charge is 0.222 e. The lowest BCUT2D eigenvalue weighted by molar-refractivity contribution is -0.130. The standard InChI is InChI=1S/C15H29NO2/c1-3-6-14-8-9-15(18)16(12-10-14)11-5-4-7-13(2)17/h13-14,17H,3-12H2,1-2H3. The first kappa shape index (κ1) is 15.5. The highest BCUT2D eigenvalue weighted by Gasteiger charge is 2.21. The Labute approximate surface area is 112 Å². The summed E-state index contributed by atoms with van der Waals surface area (Å²) in [6, 6.07) is 0. The second-order valence-electron chi connectivity index (χ2n) is 5.71. The van der Waals surface area contributed by atoms with Crippen LogP contribution in [-0.2, 0) is 4.79 Å². The molecule has 2 atom stereocenters. The minimum atomic E-state index is -0.209. The van der Waals surface area contributed by atoms with Crippen LogP contribution in [0.1, 0.15) is 65.2 Å². The number of carbonyl (C=O) groups is 1. The largest absolute Gasteiger partial charge is 0.393 e. The average Bonchev–Trinajstić information content (AvgIpc) is 2.49. The molecule has 0 aromatic heterocycles. The Bertz CT molecular complexity index is 241. The first-order valence-electron chi connectivity index (χ1n) is 7.59. The third-order valence-electron chi connectivity index (χ3n) is 3.92. The highest BCUT2D eigenvalue weighted by atomic mass is 16.3. The van der Waals surface area contributed by atoms with Crippen LogP contribution in [0.5, 0.6) is 0 Å². The molecule has 1 saturated heterocycles. The van der Waals surface area contributed by atoms with Gasteiger partial charge in [-0.3, -0.25) is 4.79 Å². The van der Waals surface area contributed by atoms with E-state index in [0.29, 0.717) is 5.91 Å². The van der Waals surface area contributed by atoms with Crippen molar-refractivity contribution in [2.75, 3.05) is 13.1 Å². The predicted molar refractivity (Wildman–Crippen MR) is 74.4 cm³/mol. The third kappa shape index (κ3) is 5.85. The molecule has 1 heterocycles. The van der Waals surface area contributed by atoms with Crippen molar-refractivity contribution in [3.8, 4) is 0 Å². The van der Waals surface area contributed by atoms with Crippen LogP contribution in [0.3, 0.4) is 0 Å². The molecule has 0 aromatic rings. The molecule has 1 rings (SSSR count). The van der Waals surface area contributed by atoms with Crippen molar-refractivity contribution in [1.29, 1.82) is 0 Å². The molecule has 1 aliphatic heterocycles. The van der Waals surface area contributed by atoms with E-state index in [9.17, 15) is 9.90 Å². The molecule has 0 saturated carbocycles. The summed E-state index contributed by atoms with van der Waals surface area (Å²) < 4.78 is 0. The number of likely N-dealkylation sites (tertiary alicyclic amines) is 1. The summed E-state index contributed by atoms with van der Waals surface area (Å²) in [5.74, 6) is 1.09. The minimum absolute atomic E-state index is 0.209. The Hall–Kier alpha value is -0.570. The van der Waals surface area contributed by atoms with Gasteiger partial charge in [0.15, 0.2) is 0 Å². The van der Waals surface area contributed by atoms with Gasteiger partial charge < -0.3 is 10.0 Å². The van der Waals surface area contributed by atoms with E-state index >= 15 is 0 Å². The van der Waals surface area contributed by atoms with Crippen LogP contribution in [0, 0.1) is 5.92 Å². The Morgan fingerprint density at radius 1 is 1.39 bits per heavy atom. The van der Waals surface area contributed by atoms with Crippen LogP contribution < -0.4 is 0 Å². The van der Waals surface area contributed by atoms with Crippen LogP contribution in [0.25, 0.3) is 0 Å². The molecule has 1 fully saturated rings. The summed E-state index contributed by atoms with van der Waals surface area (Å²) in [6.45, 7) is 5.87. The van der Waals surface area contributed by atoms with E-state index in [1.54, 1.807) is 0 Å². The van der Waals surface area contributed by atoms with Gasteiger partial charge in [0.2, 0.25) is 5.91 Å². The van der Waals surface area contributed by atoms with Crippen molar-refractivity contribution in [3.63, 3.8) is 0 Å². The van der Waals surface area contributed by atoms with Gasteiger partial charge in [-0.15, -0.1) is 0 Å². The van der Waals surface area contributed by atoms with Gasteiger partial charge in [0.25, 0.3) is 0 Å². The molecule has 0 bridgehead atoms. The third-order valence-corrected chi connectivity index (χ3v) is 3.92. The Morgan fingerprint density at radius 2 is 2.17 bits per heavy atom. The number of nitrogens with zero attached hydrogens (tertiary/aromatic N) is 1. The van der Waals surface area contributed by atoms with Gasteiger partial charge in [-0.25, -0.2) is 0 Å². The van der Waals surface area contributed by atoms with Gasteiger partial charge in [-0.1, -0.05) is 19.8 Å². The zero-order valence-corrected chi connectivity index (χ0v) is 12.0. The lowest BCUT2D eigenvalue weighted by Crippen LogP contribution is -2.31. The van der Waals surface area contributed by atoms with Gasteiger partial charge >= 0.3 is 0 Å². The molecule has 0 aliphatic carbocycles. The average molecular weight is 255 g/mol. The van der Waals surface area contributed by atoms with Gasteiger partial charge in [0, 0.05) is 19.5 Å². The molecule has 0 aromatic carbocycles. The number of hydrogen-bond acceptors (Lipinski definition) is 2. The van der Waals surface area contributed by atoms with Crippen molar-refractivity contribution in [3.05, 3.63) is 0 Å². The van der Waals surface area contributed by atoms with Crippen LogP contribution in [0.15, 0.2) is 0 Å². The Morgan fingerprint density at radius 3 is 2.83 bits per heavy atom. The summed E-state index contributed by atoms with van der Waals surface area (Å²) in [6.07, 6.45) is 8.17. The van der Waals surface area contributed by atoms with Crippen molar-refractivity contribution in [2.45, 2.75) is 71.3 Å². The van der Waals surface area contributed by atoms with Crippen LogP contribution >= 0.6 is 0 Å². The molecule has 3 nitrogen and oxygen atoms in total. The lowest BCUT2D eigenvalue weighted by Gasteiger charge is -2.21. The first-order valence-corrected chi connectivity index (χ1v) is 7.59. The number of carbonyl (C=O) groups excluding carboxylic acids is 1. The Kier molecular flexibility index (Phi) is 7.33. The monoisotopic (exact) mass is 255 g/mol. The summed E-state index contributed by atoms with van der Waals surface area (Å²) in [4.78, 5) is 14.0. The van der Waals surface area contributed by atoms with E-state index in [4.69, 9.17) is 0 Å². The van der Waals surface area contributed by atoms with E-state index in [1.165, 1.54) is 19.3 Å². The molecule has 2 unspecified atom stereocenters. The number of hydrogen-bond donors (Lipinski definition) is 1. The molecular weight excluding hydrogens is 226 g/mol. The Balaban J connectivity index is 2.25. The fraction of sp³-hybridized carbons (Fsp3) is 0.933. The fourth-order valence-corrected chi connectivity index (χ4v) is 2.77. The number of aliphatic hydroxyl groups is 1. The van der Waals surface area contributed by atoms with Crippen LogP contribution in [0.2, 0.25) is 0 Å². The number of rotatable bonds is 7. The number of amides is 1. The molecule has 0 spiro atoms. The molecular formula is C15H29NO2. The van der Waals surface area contributed by atoms with Crippen molar-refractivity contribution in [2.24, 2.45) is 5.92 Å². The van der Waals surface area contributed by atoms with E-state index in [1.807, 2.05) is 11.8 Å². The molecule has 1 N–H and O–H groups in total. The maximum Gasteiger partial charge on any atom is 0.222 e. The van der Waals surface area contributed by atoms with Gasteiger partial charge in [-0.05, 0) is 44.9 Å². The summed E-state index contributed by atoms with van der Waals surface area (Å²) in [5.41, 5.74) is 0. The topological polar surface area (TPSA) is 40.5 Å². The second kappa shape index (κ2) is 8.52. The molecule has 106 valence electrons. The zero-order valence-electron chi connectivity index (χ0n) is 12.0. The van der Waals surface area contributed by atoms with Gasteiger partial charge in [-0.2, -0.15) is 0 Å². The van der Waals surface area contributed by atoms with Crippen molar-refractivity contribution < 1.29 is 9.90 Å². The molecule has 3 heteroatoms. The summed E-state index contributed by atoms with van der Waals surface area (Å²) >= 11 is 0. The summed E-state index contributed by atoms with van der Waals surface area (Å²) in [5, 5.41) is 9.20. The number of unbranched alkanes of at least 4 members (excludes halogenated alkanes) is 1. The van der Waals surface area contributed by atoms with Crippen molar-refractivity contribution >= 4 is 5.91 Å². The van der Waals surface area contributed by atoms with E-state index in [-0.39, 0.29) is 6.10 Å². The van der Waals surface area contributed by atoms with E-state index in [0.717, 1.165) is 51.1 Å². The SMILES string of the molecule is CCCC1CCC(=O)N(CCCCC(C)O)CC1. The quantitative estimate of drug-likeness (QED) is 0.711. The van der Waals surface area contributed by atoms with Gasteiger partial charge in [0.05, 0.1) is 6.10 Å². The van der Waals surface area contributed by atoms with Gasteiger partial charge in [0.1, 0.15) is 0 Å².